The van der Waals surface area contributed by atoms with Gasteiger partial charge < -0.3 is 41.7 Å². The van der Waals surface area contributed by atoms with Crippen molar-refractivity contribution in [2.45, 2.75) is 25.7 Å². The molecule has 8 N–H and O–H groups in total. The van der Waals surface area contributed by atoms with Gasteiger partial charge in [0.05, 0.1) is 44.5 Å². The SMILES string of the molecule is CNC(=O)c1cc(C(=O)Nc2ccc(NC(=O)c3cc(C(=O)NCC4CC5CCC4C5)c(C(=O)O)cc3C(=O)O)cc2)c(C(=O)O)cc1C(=O)O. The first kappa shape index (κ1) is 35.7. The van der Waals surface area contributed by atoms with Crippen molar-refractivity contribution in [1.29, 1.82) is 0 Å². The first-order chi connectivity index (χ1) is 24.2. The molecule has 2 bridgehead atoms. The van der Waals surface area contributed by atoms with Crippen molar-refractivity contribution in [2.24, 2.45) is 17.8 Å². The zero-order valence-corrected chi connectivity index (χ0v) is 26.9. The summed E-state index contributed by atoms with van der Waals surface area (Å²) in [6.45, 7) is 0.324. The first-order valence-electron chi connectivity index (χ1n) is 15.7. The summed E-state index contributed by atoms with van der Waals surface area (Å²) in [6.07, 6.45) is 4.29. The van der Waals surface area contributed by atoms with Gasteiger partial charge in [-0.3, -0.25) is 19.2 Å². The molecule has 0 aliphatic heterocycles. The molecule has 3 atom stereocenters. The number of rotatable bonds is 12. The molecule has 2 aliphatic rings. The molecule has 16 nitrogen and oxygen atoms in total. The van der Waals surface area contributed by atoms with Gasteiger partial charge >= 0.3 is 23.9 Å². The predicted molar refractivity (Wildman–Crippen MR) is 178 cm³/mol. The standard InChI is InChI=1S/C35H32N4O12/c1-36-28(40)20-10-22(26(34(48)49)12-24(20)32(44)45)30(42)38-18-4-6-19(7-5-18)39-31(43)23-11-21(25(33(46)47)13-27(23)35(50)51)29(41)37-14-17-9-15-2-3-16(17)8-15/h4-7,10-13,15-17H,2-3,8-9,14H2,1H3,(H,36,40)(H,37,41)(H,38,42)(H,39,43)(H,44,45)(H,46,47)(H,48,49)(H,50,51). The zero-order chi connectivity index (χ0) is 37.1. The Kier molecular flexibility index (Phi) is 10.2. The van der Waals surface area contributed by atoms with Gasteiger partial charge in [-0.2, -0.15) is 0 Å². The third kappa shape index (κ3) is 7.54. The lowest BCUT2D eigenvalue weighted by Crippen LogP contribution is -2.33. The molecular formula is C35H32N4O12. The van der Waals surface area contributed by atoms with Crippen LogP contribution in [0.4, 0.5) is 11.4 Å². The average molecular weight is 701 g/mol. The van der Waals surface area contributed by atoms with E-state index in [-0.39, 0.29) is 22.9 Å². The van der Waals surface area contributed by atoms with E-state index in [9.17, 15) is 58.8 Å². The number of nitrogens with one attached hydrogen (secondary N) is 4. The number of amides is 4. The van der Waals surface area contributed by atoms with Crippen LogP contribution in [-0.2, 0) is 0 Å². The zero-order valence-electron chi connectivity index (χ0n) is 26.9. The molecule has 2 saturated carbocycles. The molecule has 0 saturated heterocycles. The first-order valence-corrected chi connectivity index (χ1v) is 15.7. The maximum Gasteiger partial charge on any atom is 0.336 e. The Morgan fingerprint density at radius 2 is 0.941 bits per heavy atom. The minimum absolute atomic E-state index is 0.0876. The highest BCUT2D eigenvalue weighted by atomic mass is 16.4. The Morgan fingerprint density at radius 1 is 0.549 bits per heavy atom. The molecule has 0 radical (unpaired) electrons. The van der Waals surface area contributed by atoms with Crippen LogP contribution >= 0.6 is 0 Å². The second-order valence-electron chi connectivity index (χ2n) is 12.3. The summed E-state index contributed by atoms with van der Waals surface area (Å²) >= 11 is 0. The third-order valence-electron chi connectivity index (χ3n) is 9.25. The maximum atomic E-state index is 13.3. The van der Waals surface area contributed by atoms with E-state index in [1.165, 1.54) is 31.3 Å². The Morgan fingerprint density at radius 3 is 1.29 bits per heavy atom. The fourth-order valence-electron chi connectivity index (χ4n) is 6.77. The third-order valence-corrected chi connectivity index (χ3v) is 9.25. The molecule has 3 unspecified atom stereocenters. The largest absolute Gasteiger partial charge is 0.478 e. The summed E-state index contributed by atoms with van der Waals surface area (Å²) < 4.78 is 0. The van der Waals surface area contributed by atoms with Crippen molar-refractivity contribution in [3.63, 3.8) is 0 Å². The number of carbonyl (C=O) groups is 8. The van der Waals surface area contributed by atoms with Crippen LogP contribution in [0.1, 0.15) is 109 Å². The van der Waals surface area contributed by atoms with Crippen LogP contribution in [0.2, 0.25) is 0 Å². The van der Waals surface area contributed by atoms with E-state index in [4.69, 9.17) is 0 Å². The molecule has 264 valence electrons. The smallest absolute Gasteiger partial charge is 0.336 e. The number of aromatic carboxylic acids is 4. The van der Waals surface area contributed by atoms with Gasteiger partial charge in [0.1, 0.15) is 0 Å². The van der Waals surface area contributed by atoms with Crippen LogP contribution in [0, 0.1) is 17.8 Å². The second kappa shape index (κ2) is 14.5. The summed E-state index contributed by atoms with van der Waals surface area (Å²) in [5.41, 5.74) is -4.18. The highest BCUT2D eigenvalue weighted by molar-refractivity contribution is 6.16. The van der Waals surface area contributed by atoms with E-state index in [1.54, 1.807) is 0 Å². The second-order valence-corrected chi connectivity index (χ2v) is 12.3. The summed E-state index contributed by atoms with van der Waals surface area (Å²) in [6, 6.07) is 8.46. The van der Waals surface area contributed by atoms with E-state index < -0.39 is 86.5 Å². The van der Waals surface area contributed by atoms with Crippen LogP contribution in [0.3, 0.4) is 0 Å². The van der Waals surface area contributed by atoms with Crippen molar-refractivity contribution < 1.29 is 58.8 Å². The summed E-state index contributed by atoms with van der Waals surface area (Å²) in [4.78, 5) is 99.5. The van der Waals surface area contributed by atoms with Crippen molar-refractivity contribution in [3.8, 4) is 0 Å². The molecule has 4 amide bonds. The fourth-order valence-corrected chi connectivity index (χ4v) is 6.77. The minimum Gasteiger partial charge on any atom is -0.478 e. The monoisotopic (exact) mass is 700 g/mol. The predicted octanol–water partition coefficient (Wildman–Crippen LogP) is 3.51. The van der Waals surface area contributed by atoms with Gasteiger partial charge in [0.25, 0.3) is 23.6 Å². The topological polar surface area (TPSA) is 266 Å². The Balaban J connectivity index is 1.35. The lowest BCUT2D eigenvalue weighted by molar-refractivity contribution is 0.0672. The van der Waals surface area contributed by atoms with Crippen molar-refractivity contribution >= 4 is 58.9 Å². The van der Waals surface area contributed by atoms with Crippen molar-refractivity contribution in [3.05, 3.63) is 93.0 Å². The number of carboxylic acids is 4. The Labute approximate surface area is 288 Å². The number of carbonyl (C=O) groups excluding carboxylic acids is 4. The van der Waals surface area contributed by atoms with Crippen LogP contribution in [0.5, 0.6) is 0 Å². The van der Waals surface area contributed by atoms with Gasteiger partial charge in [0, 0.05) is 25.0 Å². The summed E-state index contributed by atoms with van der Waals surface area (Å²) in [5.74, 6) is -8.60. The number of fused-ring (bicyclic) bond motifs is 2. The number of hydrogen-bond donors (Lipinski definition) is 8. The molecule has 2 fully saturated rings. The van der Waals surface area contributed by atoms with Gasteiger partial charge in [0.2, 0.25) is 0 Å². The van der Waals surface area contributed by atoms with E-state index in [0.717, 1.165) is 43.9 Å². The molecule has 0 heterocycles. The van der Waals surface area contributed by atoms with Crippen LogP contribution < -0.4 is 21.3 Å². The minimum atomic E-state index is -1.62. The van der Waals surface area contributed by atoms with Crippen molar-refractivity contribution in [1.82, 2.24) is 10.6 Å². The number of benzene rings is 3. The summed E-state index contributed by atoms with van der Waals surface area (Å²) in [5, 5.41) is 48.5. The maximum absolute atomic E-state index is 13.3. The van der Waals surface area contributed by atoms with Crippen LogP contribution in [0.15, 0.2) is 48.5 Å². The molecule has 3 aromatic rings. The van der Waals surface area contributed by atoms with Gasteiger partial charge in [-0.05, 0) is 85.5 Å². The van der Waals surface area contributed by atoms with Gasteiger partial charge in [0.15, 0.2) is 0 Å². The average Bonchev–Trinajstić information content (AvgIpc) is 3.73. The van der Waals surface area contributed by atoms with E-state index in [2.05, 4.69) is 21.3 Å². The van der Waals surface area contributed by atoms with Gasteiger partial charge in [-0.25, -0.2) is 19.2 Å². The quantitative estimate of drug-likeness (QED) is 0.135. The van der Waals surface area contributed by atoms with E-state index in [1.807, 2.05) is 0 Å². The van der Waals surface area contributed by atoms with Gasteiger partial charge in [-0.1, -0.05) is 6.42 Å². The highest BCUT2D eigenvalue weighted by Gasteiger charge is 2.39. The normalized spacial score (nSPS) is 17.2. The van der Waals surface area contributed by atoms with Crippen molar-refractivity contribution in [2.75, 3.05) is 24.2 Å². The summed E-state index contributed by atoms with van der Waals surface area (Å²) in [7, 11) is 1.23. The number of anilines is 2. The number of carboxylic acid groups (broad SMARTS) is 4. The lowest BCUT2D eigenvalue weighted by Gasteiger charge is -2.22. The fraction of sp³-hybridized carbons (Fsp3) is 0.257. The Bertz CT molecular complexity index is 2010. The molecule has 16 heteroatoms. The molecule has 3 aromatic carbocycles. The van der Waals surface area contributed by atoms with Gasteiger partial charge in [-0.15, -0.1) is 0 Å². The molecule has 0 spiro atoms. The van der Waals surface area contributed by atoms with Crippen LogP contribution in [-0.4, -0.2) is 81.5 Å². The van der Waals surface area contributed by atoms with Crippen LogP contribution in [0.25, 0.3) is 0 Å². The molecule has 5 rings (SSSR count). The lowest BCUT2D eigenvalue weighted by atomic mass is 9.88. The highest BCUT2D eigenvalue weighted by Crippen LogP contribution is 2.48. The Hall–Kier alpha value is -6.58. The number of hydrogen-bond acceptors (Lipinski definition) is 8. The van der Waals surface area contributed by atoms with E-state index in [0.29, 0.717) is 24.4 Å². The molecule has 0 aromatic heterocycles. The molecule has 2 aliphatic carbocycles. The molecule has 51 heavy (non-hydrogen) atoms. The van der Waals surface area contributed by atoms with E-state index >= 15 is 0 Å². The molecular weight excluding hydrogens is 668 g/mol.